The van der Waals surface area contributed by atoms with Gasteiger partial charge in [-0.1, -0.05) is 11.6 Å². The van der Waals surface area contributed by atoms with Gasteiger partial charge in [-0.15, -0.1) is 11.8 Å². The molecule has 2 nitrogen and oxygen atoms in total. The van der Waals surface area contributed by atoms with E-state index in [0.717, 1.165) is 15.5 Å². The predicted molar refractivity (Wildman–Crippen MR) is 65.8 cm³/mol. The predicted octanol–water partition coefficient (Wildman–Crippen LogP) is 3.76. The van der Waals surface area contributed by atoms with Crippen LogP contribution in [-0.2, 0) is 0 Å². The van der Waals surface area contributed by atoms with Crippen LogP contribution in [0.1, 0.15) is 11.7 Å². The number of hydrogen-bond donors (Lipinski definition) is 1. The van der Waals surface area contributed by atoms with E-state index in [2.05, 4.69) is 0 Å². The maximum atomic E-state index is 9.82. The molecule has 4 heteroatoms. The van der Waals surface area contributed by atoms with Crippen LogP contribution in [0.25, 0.3) is 0 Å². The van der Waals surface area contributed by atoms with Gasteiger partial charge in [0.1, 0.15) is 0 Å². The molecule has 1 unspecified atom stereocenters. The molecule has 0 aliphatic rings. The zero-order valence-electron chi connectivity index (χ0n) is 8.47. The number of halogens is 1. The number of thioether (sulfide) groups is 1. The molecule has 2 aromatic rings. The SMILES string of the molecule is OC(CSc1ccc(Cl)cc1)c1ccoc1. The smallest absolute Gasteiger partial charge is 0.0960 e. The van der Waals surface area contributed by atoms with Gasteiger partial charge in [-0.3, -0.25) is 0 Å². The van der Waals surface area contributed by atoms with E-state index in [9.17, 15) is 5.11 Å². The van der Waals surface area contributed by atoms with Crippen molar-refractivity contribution in [2.75, 3.05) is 5.75 Å². The molecule has 0 aliphatic carbocycles. The van der Waals surface area contributed by atoms with Crippen LogP contribution in [-0.4, -0.2) is 10.9 Å². The van der Waals surface area contributed by atoms with Gasteiger partial charge in [-0.25, -0.2) is 0 Å². The Morgan fingerprint density at radius 2 is 2.00 bits per heavy atom. The number of aliphatic hydroxyl groups is 1. The topological polar surface area (TPSA) is 33.4 Å². The highest BCUT2D eigenvalue weighted by Gasteiger charge is 2.08. The lowest BCUT2D eigenvalue weighted by Gasteiger charge is -2.07. The summed E-state index contributed by atoms with van der Waals surface area (Å²) in [6.45, 7) is 0. The quantitative estimate of drug-likeness (QED) is 0.844. The molecular weight excluding hydrogens is 244 g/mol. The molecule has 84 valence electrons. The zero-order valence-corrected chi connectivity index (χ0v) is 10.0. The van der Waals surface area contributed by atoms with E-state index in [1.54, 1.807) is 30.4 Å². The van der Waals surface area contributed by atoms with Crippen molar-refractivity contribution in [1.82, 2.24) is 0 Å². The highest BCUT2D eigenvalue weighted by Crippen LogP contribution is 2.25. The molecule has 0 amide bonds. The molecule has 0 fully saturated rings. The number of benzene rings is 1. The summed E-state index contributed by atoms with van der Waals surface area (Å²) in [6, 6.07) is 9.33. The molecule has 16 heavy (non-hydrogen) atoms. The van der Waals surface area contributed by atoms with Crippen molar-refractivity contribution in [1.29, 1.82) is 0 Å². The fourth-order valence-electron chi connectivity index (χ4n) is 1.27. The molecule has 1 aromatic heterocycles. The highest BCUT2D eigenvalue weighted by molar-refractivity contribution is 7.99. The van der Waals surface area contributed by atoms with E-state index in [1.807, 2.05) is 24.3 Å². The van der Waals surface area contributed by atoms with Gasteiger partial charge in [0.15, 0.2) is 0 Å². The normalized spacial score (nSPS) is 12.6. The van der Waals surface area contributed by atoms with E-state index in [0.29, 0.717) is 5.75 Å². The number of furan rings is 1. The Hall–Kier alpha value is -0.900. The molecule has 0 aliphatic heterocycles. The van der Waals surface area contributed by atoms with Crippen LogP contribution in [0.15, 0.2) is 52.2 Å². The fraction of sp³-hybridized carbons (Fsp3) is 0.167. The minimum atomic E-state index is -0.501. The minimum absolute atomic E-state index is 0.501. The van der Waals surface area contributed by atoms with E-state index in [4.69, 9.17) is 16.0 Å². The number of hydrogen-bond acceptors (Lipinski definition) is 3. The summed E-state index contributed by atoms with van der Waals surface area (Å²) >= 11 is 7.37. The van der Waals surface area contributed by atoms with Crippen LogP contribution in [0.3, 0.4) is 0 Å². The molecule has 1 atom stereocenters. The van der Waals surface area contributed by atoms with Crippen molar-refractivity contribution in [2.45, 2.75) is 11.0 Å². The summed E-state index contributed by atoms with van der Waals surface area (Å²) in [7, 11) is 0. The molecule has 2 rings (SSSR count). The van der Waals surface area contributed by atoms with Crippen LogP contribution in [0.5, 0.6) is 0 Å². The summed E-state index contributed by atoms with van der Waals surface area (Å²) in [5.41, 5.74) is 0.807. The van der Waals surface area contributed by atoms with Gasteiger partial charge in [0, 0.05) is 21.2 Å². The summed E-state index contributed by atoms with van der Waals surface area (Å²) in [5, 5.41) is 10.5. The van der Waals surface area contributed by atoms with Crippen molar-refractivity contribution in [3.8, 4) is 0 Å². The third-order valence-electron chi connectivity index (χ3n) is 2.15. The second-order valence-electron chi connectivity index (χ2n) is 3.34. The van der Waals surface area contributed by atoms with Crippen molar-refractivity contribution in [2.24, 2.45) is 0 Å². The fourth-order valence-corrected chi connectivity index (χ4v) is 2.26. The third-order valence-corrected chi connectivity index (χ3v) is 3.49. The van der Waals surface area contributed by atoms with E-state index >= 15 is 0 Å². The van der Waals surface area contributed by atoms with Crippen LogP contribution < -0.4 is 0 Å². The Morgan fingerprint density at radius 1 is 1.25 bits per heavy atom. The van der Waals surface area contributed by atoms with Crippen molar-refractivity contribution in [3.05, 3.63) is 53.4 Å². The van der Waals surface area contributed by atoms with Crippen LogP contribution >= 0.6 is 23.4 Å². The van der Waals surface area contributed by atoms with Gasteiger partial charge in [-0.05, 0) is 30.3 Å². The first-order chi connectivity index (χ1) is 7.75. The largest absolute Gasteiger partial charge is 0.472 e. The number of aliphatic hydroxyl groups excluding tert-OH is 1. The maximum Gasteiger partial charge on any atom is 0.0960 e. The summed E-state index contributed by atoms with van der Waals surface area (Å²) < 4.78 is 4.92. The van der Waals surface area contributed by atoms with E-state index in [-0.39, 0.29) is 0 Å². The molecule has 1 N–H and O–H groups in total. The molecule has 0 bridgehead atoms. The standard InChI is InChI=1S/C12H11ClO2S/c13-10-1-3-11(4-2-10)16-8-12(14)9-5-6-15-7-9/h1-7,12,14H,8H2. The first kappa shape index (κ1) is 11.6. The molecular formula is C12H11ClO2S. The van der Waals surface area contributed by atoms with Crippen LogP contribution in [0.2, 0.25) is 5.02 Å². The van der Waals surface area contributed by atoms with E-state index in [1.165, 1.54) is 0 Å². The summed E-state index contributed by atoms with van der Waals surface area (Å²) in [4.78, 5) is 1.09. The van der Waals surface area contributed by atoms with Crippen molar-refractivity contribution >= 4 is 23.4 Å². The van der Waals surface area contributed by atoms with E-state index < -0.39 is 6.10 Å². The lowest BCUT2D eigenvalue weighted by Crippen LogP contribution is -1.98. The molecule has 0 saturated carbocycles. The van der Waals surface area contributed by atoms with Gasteiger partial charge >= 0.3 is 0 Å². The highest BCUT2D eigenvalue weighted by atomic mass is 35.5. The maximum absolute atomic E-state index is 9.82. The van der Waals surface area contributed by atoms with Crippen LogP contribution in [0.4, 0.5) is 0 Å². The lowest BCUT2D eigenvalue weighted by molar-refractivity contribution is 0.203. The van der Waals surface area contributed by atoms with Gasteiger partial charge < -0.3 is 9.52 Å². The average molecular weight is 255 g/mol. The molecule has 1 heterocycles. The summed E-state index contributed by atoms with van der Waals surface area (Å²) in [6.07, 6.45) is 2.62. The van der Waals surface area contributed by atoms with Crippen molar-refractivity contribution in [3.63, 3.8) is 0 Å². The van der Waals surface area contributed by atoms with Crippen LogP contribution in [0, 0.1) is 0 Å². The third kappa shape index (κ3) is 3.04. The molecule has 0 radical (unpaired) electrons. The second-order valence-corrected chi connectivity index (χ2v) is 4.87. The number of rotatable bonds is 4. The van der Waals surface area contributed by atoms with Gasteiger partial charge in [0.2, 0.25) is 0 Å². The monoisotopic (exact) mass is 254 g/mol. The minimum Gasteiger partial charge on any atom is -0.472 e. The first-order valence-corrected chi connectivity index (χ1v) is 6.20. The molecule has 0 spiro atoms. The second kappa shape index (κ2) is 5.43. The molecule has 1 aromatic carbocycles. The van der Waals surface area contributed by atoms with Gasteiger partial charge in [0.05, 0.1) is 18.6 Å². The lowest BCUT2D eigenvalue weighted by atomic mass is 10.2. The Balaban J connectivity index is 1.90. The average Bonchev–Trinajstić information content (AvgIpc) is 2.81. The Morgan fingerprint density at radius 3 is 2.62 bits per heavy atom. The van der Waals surface area contributed by atoms with Gasteiger partial charge in [-0.2, -0.15) is 0 Å². The zero-order chi connectivity index (χ0) is 11.4. The van der Waals surface area contributed by atoms with Crippen molar-refractivity contribution < 1.29 is 9.52 Å². The molecule has 0 saturated heterocycles. The first-order valence-electron chi connectivity index (χ1n) is 4.84. The van der Waals surface area contributed by atoms with Gasteiger partial charge in [0.25, 0.3) is 0 Å². The summed E-state index contributed by atoms with van der Waals surface area (Å²) in [5.74, 6) is 0.598. The Bertz CT molecular complexity index is 425. The Labute approximate surface area is 103 Å². The Kier molecular flexibility index (Phi) is 3.93.